The summed E-state index contributed by atoms with van der Waals surface area (Å²) in [6, 6.07) is 14.5. The molecule has 0 spiro atoms. The summed E-state index contributed by atoms with van der Waals surface area (Å²) in [5, 5.41) is 3.36. The summed E-state index contributed by atoms with van der Waals surface area (Å²) in [6.45, 7) is 3.11. The first-order valence-corrected chi connectivity index (χ1v) is 10.0. The van der Waals surface area contributed by atoms with Crippen molar-refractivity contribution in [2.75, 3.05) is 44.6 Å². The van der Waals surface area contributed by atoms with Crippen LogP contribution in [0.25, 0.3) is 0 Å². The van der Waals surface area contributed by atoms with Crippen LogP contribution in [0, 0.1) is 0 Å². The van der Waals surface area contributed by atoms with Crippen molar-refractivity contribution in [1.29, 1.82) is 0 Å². The molecule has 7 nitrogen and oxygen atoms in total. The number of halogens is 1. The Morgan fingerprint density at radius 2 is 1.76 bits per heavy atom. The standard InChI is InChI=1S/C21H22ClN3O4/c22-15-5-1-2-6-16(15)23-20(26)13-24-9-11-25(12-10-24)21(27)19-14-28-17-7-3-4-8-18(17)29-19/h1-8,19H,9-14H2,(H,23,26)/p+1/t19-/m1/s1. The lowest BCUT2D eigenvalue weighted by atomic mass is 10.2. The molecule has 0 saturated carbocycles. The maximum Gasteiger partial charge on any atom is 0.279 e. The van der Waals surface area contributed by atoms with Crippen LogP contribution in [0.1, 0.15) is 0 Å². The number of hydrogen-bond acceptors (Lipinski definition) is 4. The summed E-state index contributed by atoms with van der Waals surface area (Å²) < 4.78 is 11.5. The number of rotatable bonds is 4. The lowest BCUT2D eigenvalue weighted by Gasteiger charge is -2.35. The van der Waals surface area contributed by atoms with Gasteiger partial charge in [0.05, 0.1) is 36.9 Å². The van der Waals surface area contributed by atoms with Crippen molar-refractivity contribution in [2.45, 2.75) is 6.10 Å². The molecule has 2 heterocycles. The number of piperazine rings is 1. The first-order valence-electron chi connectivity index (χ1n) is 9.65. The van der Waals surface area contributed by atoms with Gasteiger partial charge in [0.1, 0.15) is 6.61 Å². The summed E-state index contributed by atoms with van der Waals surface area (Å²) in [5.41, 5.74) is 0.613. The Kier molecular flexibility index (Phi) is 5.87. The zero-order valence-corrected chi connectivity index (χ0v) is 16.7. The fourth-order valence-electron chi connectivity index (χ4n) is 3.55. The van der Waals surface area contributed by atoms with E-state index in [-0.39, 0.29) is 18.4 Å². The van der Waals surface area contributed by atoms with Gasteiger partial charge in [0.2, 0.25) is 6.10 Å². The topological polar surface area (TPSA) is 72.3 Å². The van der Waals surface area contributed by atoms with Gasteiger partial charge in [-0.05, 0) is 24.3 Å². The predicted molar refractivity (Wildman–Crippen MR) is 109 cm³/mol. The van der Waals surface area contributed by atoms with Crippen LogP contribution in [0.4, 0.5) is 5.69 Å². The normalized spacial score (nSPS) is 18.9. The zero-order valence-electron chi connectivity index (χ0n) is 15.9. The average Bonchev–Trinajstić information content (AvgIpc) is 2.75. The number of quaternary nitrogens is 1. The third kappa shape index (κ3) is 4.63. The molecule has 0 bridgehead atoms. The van der Waals surface area contributed by atoms with Crippen LogP contribution in [0.15, 0.2) is 48.5 Å². The second kappa shape index (κ2) is 8.71. The van der Waals surface area contributed by atoms with Crippen molar-refractivity contribution in [2.24, 2.45) is 0 Å². The minimum atomic E-state index is -0.630. The van der Waals surface area contributed by atoms with Crippen LogP contribution in [-0.4, -0.2) is 62.1 Å². The van der Waals surface area contributed by atoms with Crippen molar-refractivity contribution in [3.8, 4) is 11.5 Å². The molecule has 2 aliphatic heterocycles. The minimum Gasteiger partial charge on any atom is -0.485 e. The van der Waals surface area contributed by atoms with Crippen LogP contribution in [0.3, 0.4) is 0 Å². The Labute approximate surface area is 174 Å². The van der Waals surface area contributed by atoms with Crippen molar-refractivity contribution in [3.05, 3.63) is 53.6 Å². The van der Waals surface area contributed by atoms with Gasteiger partial charge in [0, 0.05) is 0 Å². The molecule has 1 atom stereocenters. The number of ether oxygens (including phenoxy) is 2. The van der Waals surface area contributed by atoms with E-state index in [0.717, 1.165) is 4.90 Å². The van der Waals surface area contributed by atoms with Gasteiger partial charge in [0.25, 0.3) is 11.8 Å². The predicted octanol–water partition coefficient (Wildman–Crippen LogP) is 0.846. The SMILES string of the molecule is O=C(C[NH+]1CCN(C(=O)[C@H]2COc3ccccc3O2)CC1)Nc1ccccc1Cl. The van der Waals surface area contributed by atoms with Crippen molar-refractivity contribution in [3.63, 3.8) is 0 Å². The van der Waals surface area contributed by atoms with E-state index in [1.54, 1.807) is 23.1 Å². The van der Waals surface area contributed by atoms with Gasteiger partial charge in [-0.3, -0.25) is 9.59 Å². The molecule has 0 aromatic heterocycles. The monoisotopic (exact) mass is 416 g/mol. The molecule has 2 N–H and O–H groups in total. The minimum absolute atomic E-state index is 0.0703. The molecular formula is C21H23ClN3O4+. The summed E-state index contributed by atoms with van der Waals surface area (Å²) in [4.78, 5) is 28.0. The second-order valence-electron chi connectivity index (χ2n) is 7.14. The third-order valence-corrected chi connectivity index (χ3v) is 5.45. The molecule has 2 aromatic carbocycles. The number of anilines is 1. The van der Waals surface area contributed by atoms with E-state index in [1.165, 1.54) is 0 Å². The molecule has 152 valence electrons. The maximum atomic E-state index is 12.8. The Morgan fingerprint density at radius 3 is 2.52 bits per heavy atom. The molecule has 1 fully saturated rings. The van der Waals surface area contributed by atoms with Gasteiger partial charge in [-0.25, -0.2) is 0 Å². The first kappa shape index (κ1) is 19.5. The average molecular weight is 417 g/mol. The molecular weight excluding hydrogens is 394 g/mol. The number of amides is 2. The van der Waals surface area contributed by atoms with Crippen LogP contribution in [-0.2, 0) is 9.59 Å². The number of carbonyl (C=O) groups excluding carboxylic acids is 2. The fourth-order valence-corrected chi connectivity index (χ4v) is 3.73. The highest BCUT2D eigenvalue weighted by Gasteiger charge is 2.34. The van der Waals surface area contributed by atoms with Crippen molar-refractivity contribution >= 4 is 29.1 Å². The quantitative estimate of drug-likeness (QED) is 0.775. The van der Waals surface area contributed by atoms with Crippen molar-refractivity contribution in [1.82, 2.24) is 4.90 Å². The highest BCUT2D eigenvalue weighted by atomic mass is 35.5. The number of nitrogens with one attached hydrogen (secondary N) is 2. The Balaban J connectivity index is 1.26. The summed E-state index contributed by atoms with van der Waals surface area (Å²) >= 11 is 6.08. The van der Waals surface area contributed by atoms with E-state index in [1.807, 2.05) is 30.3 Å². The fraction of sp³-hybridized carbons (Fsp3) is 0.333. The lowest BCUT2D eigenvalue weighted by molar-refractivity contribution is -0.895. The number of carbonyl (C=O) groups is 2. The van der Waals surface area contributed by atoms with E-state index in [2.05, 4.69) is 5.32 Å². The summed E-state index contributed by atoms with van der Waals surface area (Å²) in [5.74, 6) is 1.10. The molecule has 1 saturated heterocycles. The van der Waals surface area contributed by atoms with E-state index in [0.29, 0.717) is 54.9 Å². The molecule has 2 amide bonds. The molecule has 4 rings (SSSR count). The summed E-state index contributed by atoms with van der Waals surface area (Å²) in [6.07, 6.45) is -0.630. The van der Waals surface area contributed by atoms with E-state index >= 15 is 0 Å². The summed E-state index contributed by atoms with van der Waals surface area (Å²) in [7, 11) is 0. The Bertz CT molecular complexity index is 899. The number of fused-ring (bicyclic) bond motifs is 1. The number of nitrogens with zero attached hydrogens (tertiary/aromatic N) is 1. The number of benzene rings is 2. The third-order valence-electron chi connectivity index (χ3n) is 5.12. The van der Waals surface area contributed by atoms with Gasteiger partial charge >= 0.3 is 0 Å². The number of hydrogen-bond donors (Lipinski definition) is 2. The second-order valence-corrected chi connectivity index (χ2v) is 7.55. The molecule has 8 heteroatoms. The Morgan fingerprint density at radius 1 is 1.07 bits per heavy atom. The van der Waals surface area contributed by atoms with Gasteiger partial charge in [-0.1, -0.05) is 35.9 Å². The van der Waals surface area contributed by atoms with Gasteiger partial charge in [-0.2, -0.15) is 0 Å². The molecule has 0 radical (unpaired) electrons. The largest absolute Gasteiger partial charge is 0.485 e. The van der Waals surface area contributed by atoms with Gasteiger partial charge in [-0.15, -0.1) is 0 Å². The van der Waals surface area contributed by atoms with Crippen LogP contribution >= 0.6 is 11.6 Å². The highest BCUT2D eigenvalue weighted by molar-refractivity contribution is 6.33. The first-order chi connectivity index (χ1) is 14.1. The molecule has 2 aromatic rings. The van der Waals surface area contributed by atoms with Crippen LogP contribution in [0.2, 0.25) is 5.02 Å². The van der Waals surface area contributed by atoms with Crippen LogP contribution in [0.5, 0.6) is 11.5 Å². The van der Waals surface area contributed by atoms with Gasteiger partial charge in [0.15, 0.2) is 18.0 Å². The molecule has 2 aliphatic rings. The smallest absolute Gasteiger partial charge is 0.279 e. The van der Waals surface area contributed by atoms with E-state index in [4.69, 9.17) is 21.1 Å². The maximum absolute atomic E-state index is 12.8. The zero-order chi connectivity index (χ0) is 20.2. The number of para-hydroxylation sites is 3. The highest BCUT2D eigenvalue weighted by Crippen LogP contribution is 2.31. The van der Waals surface area contributed by atoms with Gasteiger partial charge < -0.3 is 24.6 Å². The van der Waals surface area contributed by atoms with E-state index < -0.39 is 6.10 Å². The molecule has 0 aliphatic carbocycles. The molecule has 29 heavy (non-hydrogen) atoms. The lowest BCUT2D eigenvalue weighted by Crippen LogP contribution is -3.15. The van der Waals surface area contributed by atoms with Crippen molar-refractivity contribution < 1.29 is 24.0 Å². The molecule has 0 unspecified atom stereocenters. The van der Waals surface area contributed by atoms with E-state index in [9.17, 15) is 9.59 Å². The Hall–Kier alpha value is -2.77. The van der Waals surface area contributed by atoms with Crippen LogP contribution < -0.4 is 19.7 Å².